The zero-order valence-corrected chi connectivity index (χ0v) is 27.7. The molecule has 2 aromatic carbocycles. The number of fused-ring (bicyclic) bond motifs is 1. The van der Waals surface area contributed by atoms with Gasteiger partial charge in [0.05, 0.1) is 36.7 Å². The Morgan fingerprint density at radius 2 is 1.81 bits per heavy atom. The molecule has 2 atom stereocenters. The number of amides is 2. The van der Waals surface area contributed by atoms with Crippen molar-refractivity contribution in [2.24, 2.45) is 0 Å². The molecule has 0 saturated carbocycles. The second-order valence-electron chi connectivity index (χ2n) is 12.0. The number of methoxy groups -OCH3 is 1. The summed E-state index contributed by atoms with van der Waals surface area (Å²) in [7, 11) is 1.23. The first-order chi connectivity index (χ1) is 22.5. The number of unbranched alkanes of at least 4 members (excludes halogenated alkanes) is 1. The van der Waals surface area contributed by atoms with Crippen LogP contribution in [0.1, 0.15) is 69.0 Å². The summed E-state index contributed by atoms with van der Waals surface area (Å²) in [5.74, 6) is -0.529. The van der Waals surface area contributed by atoms with Gasteiger partial charge in [-0.3, -0.25) is 25.6 Å². The summed E-state index contributed by atoms with van der Waals surface area (Å²) in [5, 5.41) is 16.9. The zero-order valence-electron chi connectivity index (χ0n) is 27.7. The summed E-state index contributed by atoms with van der Waals surface area (Å²) in [5.41, 5.74) is 3.36. The highest BCUT2D eigenvalue weighted by molar-refractivity contribution is 6.04. The van der Waals surface area contributed by atoms with Crippen LogP contribution in [0.3, 0.4) is 0 Å². The van der Waals surface area contributed by atoms with Crippen LogP contribution in [0, 0.1) is 12.3 Å². The number of ether oxygens (including phenoxy) is 2. The third kappa shape index (κ3) is 8.33. The Hall–Kier alpha value is -4.78. The third-order valence-electron chi connectivity index (χ3n) is 8.51. The summed E-state index contributed by atoms with van der Waals surface area (Å²) in [6, 6.07) is 9.71. The first kappa shape index (κ1) is 35.1. The van der Waals surface area contributed by atoms with E-state index >= 15 is 0 Å². The number of carbonyl (C=O) groups is 4. The number of Topliss-reactive ketones (excluding diaryl/α,β-unsaturated/α-hetero) is 1. The maximum Gasteiger partial charge on any atom is 0.412 e. The van der Waals surface area contributed by atoms with Crippen LogP contribution in [0.25, 0.3) is 11.0 Å². The van der Waals surface area contributed by atoms with E-state index in [0.29, 0.717) is 37.6 Å². The van der Waals surface area contributed by atoms with E-state index in [2.05, 4.69) is 20.9 Å². The average Bonchev–Trinajstić information content (AvgIpc) is 3.74. The highest BCUT2D eigenvalue weighted by atomic mass is 16.5. The number of nitrogens with zero attached hydrogens (tertiary/aromatic N) is 2. The number of alkyl carbamates (subject to hydrolysis) is 1. The van der Waals surface area contributed by atoms with E-state index in [0.717, 1.165) is 53.5 Å². The highest BCUT2D eigenvalue weighted by Crippen LogP contribution is 2.33. The molecule has 0 spiro atoms. The van der Waals surface area contributed by atoms with Crippen LogP contribution in [-0.4, -0.2) is 83.8 Å². The molecule has 2 heterocycles. The molecular formula is C34H45N7O6. The zero-order chi connectivity index (χ0) is 34.1. The van der Waals surface area contributed by atoms with Crippen LogP contribution in [0.2, 0.25) is 0 Å². The number of rotatable bonds is 14. The molecule has 0 radical (unpaired) electrons. The maximum absolute atomic E-state index is 14.0. The molecule has 47 heavy (non-hydrogen) atoms. The van der Waals surface area contributed by atoms with E-state index in [-0.39, 0.29) is 18.3 Å². The van der Waals surface area contributed by atoms with Crippen LogP contribution in [0.5, 0.6) is 0 Å². The Morgan fingerprint density at radius 1 is 1.11 bits per heavy atom. The molecule has 2 amide bonds. The lowest BCUT2D eigenvalue weighted by atomic mass is 9.78. The monoisotopic (exact) mass is 647 g/mol. The Morgan fingerprint density at radius 3 is 2.45 bits per heavy atom. The maximum atomic E-state index is 14.0. The molecule has 13 nitrogen and oxygen atoms in total. The number of aromatic nitrogens is 2. The first-order valence-electron chi connectivity index (χ1n) is 15.9. The van der Waals surface area contributed by atoms with Gasteiger partial charge in [-0.15, -0.1) is 0 Å². The Bertz CT molecular complexity index is 1610. The van der Waals surface area contributed by atoms with Gasteiger partial charge in [-0.1, -0.05) is 19.4 Å². The van der Waals surface area contributed by atoms with Crippen molar-refractivity contribution in [1.29, 1.82) is 5.41 Å². The molecule has 1 fully saturated rings. The second-order valence-corrected chi connectivity index (χ2v) is 12.0. The van der Waals surface area contributed by atoms with Crippen LogP contribution in [-0.2, 0) is 35.8 Å². The van der Waals surface area contributed by atoms with Crippen LogP contribution in [0.15, 0.2) is 36.4 Å². The van der Waals surface area contributed by atoms with Gasteiger partial charge in [0.2, 0.25) is 5.91 Å². The molecule has 252 valence electrons. The molecule has 1 aliphatic heterocycles. The lowest BCUT2D eigenvalue weighted by Crippen LogP contribution is -2.54. The topological polar surface area (TPSA) is 179 Å². The van der Waals surface area contributed by atoms with Gasteiger partial charge >= 0.3 is 12.1 Å². The van der Waals surface area contributed by atoms with Crippen molar-refractivity contribution in [3.63, 3.8) is 0 Å². The van der Waals surface area contributed by atoms with Crippen molar-refractivity contribution >= 4 is 46.3 Å². The molecule has 1 aliphatic rings. The number of ketones is 1. The van der Waals surface area contributed by atoms with Gasteiger partial charge in [-0.05, 0) is 81.5 Å². The molecule has 5 N–H and O–H groups in total. The van der Waals surface area contributed by atoms with Crippen molar-refractivity contribution in [3.8, 4) is 0 Å². The summed E-state index contributed by atoms with van der Waals surface area (Å²) >= 11 is 0. The number of amidine groups is 1. The lowest BCUT2D eigenvalue weighted by molar-refractivity contribution is -0.147. The lowest BCUT2D eigenvalue weighted by Gasteiger charge is -2.35. The smallest absolute Gasteiger partial charge is 0.412 e. The van der Waals surface area contributed by atoms with Gasteiger partial charge in [0.15, 0.2) is 11.8 Å². The Kier molecular flexibility index (Phi) is 11.7. The number of hydrogen-bond acceptors (Lipinski definition) is 10. The van der Waals surface area contributed by atoms with Crippen LogP contribution >= 0.6 is 0 Å². The number of esters is 1. The van der Waals surface area contributed by atoms with Gasteiger partial charge in [-0.25, -0.2) is 14.6 Å². The molecule has 0 bridgehead atoms. The molecular weight excluding hydrogens is 602 g/mol. The van der Waals surface area contributed by atoms with Crippen molar-refractivity contribution in [3.05, 3.63) is 58.9 Å². The summed E-state index contributed by atoms with van der Waals surface area (Å²) < 4.78 is 9.88. The van der Waals surface area contributed by atoms with Gasteiger partial charge < -0.3 is 24.7 Å². The van der Waals surface area contributed by atoms with E-state index in [1.165, 1.54) is 14.0 Å². The SMILES string of the molecule is CCCCOC(=O)NC(=N)c1ccc(NCc2nc3c(C)c(C(C)(CNC(C(C)=O)C(=O)OC)C(=O)N4CCCC4)ccc3[nH]2)cc1. The number of benzene rings is 2. The minimum Gasteiger partial charge on any atom is -0.468 e. The van der Waals surface area contributed by atoms with E-state index in [4.69, 9.17) is 19.9 Å². The summed E-state index contributed by atoms with van der Waals surface area (Å²) in [6.45, 7) is 9.15. The quantitative estimate of drug-likeness (QED) is 0.0570. The molecule has 13 heteroatoms. The van der Waals surface area contributed by atoms with Crippen molar-refractivity contribution < 1.29 is 28.7 Å². The van der Waals surface area contributed by atoms with Crippen LogP contribution in [0.4, 0.5) is 10.5 Å². The Labute approximate surface area is 274 Å². The summed E-state index contributed by atoms with van der Waals surface area (Å²) in [6.07, 6.45) is 2.89. The van der Waals surface area contributed by atoms with E-state index in [1.54, 1.807) is 12.1 Å². The number of likely N-dealkylation sites (tertiary alicyclic amines) is 1. The van der Waals surface area contributed by atoms with E-state index in [9.17, 15) is 19.2 Å². The molecule has 1 saturated heterocycles. The van der Waals surface area contributed by atoms with Crippen molar-refractivity contribution in [1.82, 2.24) is 25.5 Å². The molecule has 0 aliphatic carbocycles. The fourth-order valence-corrected chi connectivity index (χ4v) is 5.78. The predicted molar refractivity (Wildman–Crippen MR) is 178 cm³/mol. The first-order valence-corrected chi connectivity index (χ1v) is 15.9. The van der Waals surface area contributed by atoms with E-state index < -0.39 is 29.3 Å². The highest BCUT2D eigenvalue weighted by Gasteiger charge is 2.42. The predicted octanol–water partition coefficient (Wildman–Crippen LogP) is 3.94. The number of aryl methyl sites for hydroxylation is 1. The van der Waals surface area contributed by atoms with Gasteiger partial charge in [-0.2, -0.15) is 0 Å². The standard InChI is InChI=1S/C34H45N7O6/c1-6-7-18-47-33(45)40-30(35)23-10-12-24(13-11-23)36-19-27-38-26-15-14-25(21(2)28(26)39-27)34(4,32(44)41-16-8-9-17-41)20-37-29(22(3)42)31(43)46-5/h10-15,29,36-37H,6-9,16-20H2,1-5H3,(H,38,39)(H2,35,40,45). The van der Waals surface area contributed by atoms with Crippen molar-refractivity contribution in [2.45, 2.75) is 71.4 Å². The van der Waals surface area contributed by atoms with Crippen LogP contribution < -0.4 is 16.0 Å². The molecule has 1 aromatic heterocycles. The number of carbonyl (C=O) groups excluding carboxylic acids is 4. The van der Waals surface area contributed by atoms with Gasteiger partial charge in [0, 0.05) is 30.9 Å². The third-order valence-corrected chi connectivity index (χ3v) is 8.51. The number of H-pyrrole nitrogens is 1. The minimum absolute atomic E-state index is 0.0471. The second kappa shape index (κ2) is 15.7. The fraction of sp³-hybridized carbons (Fsp3) is 0.471. The normalized spacial score (nSPS) is 14.7. The Balaban J connectivity index is 1.50. The van der Waals surface area contributed by atoms with E-state index in [1.807, 2.05) is 49.9 Å². The number of hydrogen-bond donors (Lipinski definition) is 5. The van der Waals surface area contributed by atoms with Crippen molar-refractivity contribution in [2.75, 3.05) is 38.7 Å². The fourth-order valence-electron chi connectivity index (χ4n) is 5.78. The largest absolute Gasteiger partial charge is 0.468 e. The molecule has 3 aromatic rings. The molecule has 2 unspecified atom stereocenters. The van der Waals surface area contributed by atoms with Gasteiger partial charge in [0.25, 0.3) is 0 Å². The average molecular weight is 648 g/mol. The summed E-state index contributed by atoms with van der Waals surface area (Å²) in [4.78, 5) is 60.5. The number of imidazole rings is 1. The molecule has 4 rings (SSSR count). The van der Waals surface area contributed by atoms with Gasteiger partial charge in [0.1, 0.15) is 11.7 Å². The number of anilines is 1. The number of nitrogens with one attached hydrogen (secondary N) is 5. The number of aromatic amines is 1. The minimum atomic E-state index is -1.18.